The number of ketones is 1. The maximum atomic E-state index is 11.9. The van der Waals surface area contributed by atoms with E-state index in [1.807, 2.05) is 6.92 Å². The number of hydrogen-bond donors (Lipinski definition) is 1. The molecule has 1 unspecified atom stereocenters. The van der Waals surface area contributed by atoms with Crippen LogP contribution in [-0.2, 0) is 9.53 Å². The lowest BCUT2D eigenvalue weighted by Gasteiger charge is -2.13. The Balaban J connectivity index is 3.01. The third-order valence-corrected chi connectivity index (χ3v) is 2.89. The summed E-state index contributed by atoms with van der Waals surface area (Å²) in [4.78, 5) is 23.2. The minimum atomic E-state index is -0.276. The molecular weight excluding hydrogens is 326 g/mol. The van der Waals surface area contributed by atoms with Crippen LogP contribution in [0.1, 0.15) is 24.2 Å². The van der Waals surface area contributed by atoms with E-state index in [1.54, 1.807) is 25.1 Å². The number of Topliss-reactive ketones (excluding diaryl/α,β-unsaturated/α-hetero) is 1. The number of carbonyl (C=O) groups excluding carboxylic acids is 2. The third-order valence-electron chi connectivity index (χ3n) is 2.48. The monoisotopic (exact) mass is 343 g/mol. The summed E-state index contributed by atoms with van der Waals surface area (Å²) < 4.78 is 10.2. The fraction of sp³-hybridized carbons (Fsp3) is 0.429. The second kappa shape index (κ2) is 8.01. The lowest BCUT2D eigenvalue weighted by Crippen LogP contribution is -2.18. The first-order valence-corrected chi connectivity index (χ1v) is 7.15. The molecule has 110 valence electrons. The average Bonchev–Trinajstić information content (AvgIpc) is 2.40. The maximum Gasteiger partial charge on any atom is 0.250 e. The van der Waals surface area contributed by atoms with Gasteiger partial charge in [-0.2, -0.15) is 0 Å². The van der Waals surface area contributed by atoms with Crippen LogP contribution in [0.4, 0.5) is 5.69 Å². The molecule has 1 aromatic rings. The van der Waals surface area contributed by atoms with Crippen LogP contribution in [0, 0.1) is 0 Å². The van der Waals surface area contributed by atoms with E-state index in [-0.39, 0.29) is 23.1 Å². The van der Waals surface area contributed by atoms with Crippen LogP contribution in [0.2, 0.25) is 0 Å². The topological polar surface area (TPSA) is 64.6 Å². The molecule has 5 nitrogen and oxygen atoms in total. The third kappa shape index (κ3) is 4.61. The molecule has 0 aliphatic heterocycles. The molecule has 0 saturated carbocycles. The van der Waals surface area contributed by atoms with Gasteiger partial charge in [0, 0.05) is 12.7 Å². The van der Waals surface area contributed by atoms with E-state index in [1.165, 1.54) is 7.11 Å². The Morgan fingerprint density at radius 2 is 2.10 bits per heavy atom. The molecule has 0 saturated heterocycles. The lowest BCUT2D eigenvalue weighted by molar-refractivity contribution is -0.119. The van der Waals surface area contributed by atoms with E-state index in [0.29, 0.717) is 23.6 Å². The van der Waals surface area contributed by atoms with Gasteiger partial charge in [-0.05, 0) is 32.0 Å². The largest absolute Gasteiger partial charge is 0.492 e. The second-order valence-electron chi connectivity index (χ2n) is 4.11. The molecule has 0 aromatic heterocycles. The van der Waals surface area contributed by atoms with Gasteiger partial charge in [-0.1, -0.05) is 15.9 Å². The first kappa shape index (κ1) is 16.7. The van der Waals surface area contributed by atoms with Gasteiger partial charge < -0.3 is 14.8 Å². The van der Waals surface area contributed by atoms with E-state index in [0.717, 1.165) is 0 Å². The van der Waals surface area contributed by atoms with E-state index in [4.69, 9.17) is 9.47 Å². The van der Waals surface area contributed by atoms with Crippen molar-refractivity contribution in [3.05, 3.63) is 23.8 Å². The van der Waals surface area contributed by atoms with E-state index in [9.17, 15) is 9.59 Å². The fourth-order valence-corrected chi connectivity index (χ4v) is 1.87. The highest BCUT2D eigenvalue weighted by Crippen LogP contribution is 2.27. The molecule has 1 aromatic carbocycles. The first-order valence-electron chi connectivity index (χ1n) is 6.23. The van der Waals surface area contributed by atoms with Crippen molar-refractivity contribution in [1.29, 1.82) is 0 Å². The summed E-state index contributed by atoms with van der Waals surface area (Å²) >= 11 is 3.24. The van der Waals surface area contributed by atoms with E-state index in [2.05, 4.69) is 21.2 Å². The molecule has 0 fully saturated rings. The van der Waals surface area contributed by atoms with Crippen molar-refractivity contribution in [3.8, 4) is 5.75 Å². The van der Waals surface area contributed by atoms with Gasteiger partial charge in [0.2, 0.25) is 5.91 Å². The molecular formula is C14H18BrNO4. The smallest absolute Gasteiger partial charge is 0.250 e. The standard InChI is InChI=1S/C14H18BrNO4/c1-4-20-12-7-10(14(18)9(2)15)5-6-11(12)16-13(17)8-19-3/h5-7,9H,4,8H2,1-3H3,(H,16,17). The van der Waals surface area contributed by atoms with Gasteiger partial charge >= 0.3 is 0 Å². The van der Waals surface area contributed by atoms with Gasteiger partial charge in [0.1, 0.15) is 12.4 Å². The molecule has 6 heteroatoms. The zero-order valence-corrected chi connectivity index (χ0v) is 13.3. The molecule has 0 aliphatic rings. The fourth-order valence-electron chi connectivity index (χ4n) is 1.60. The SMILES string of the molecule is CCOc1cc(C(=O)C(C)Br)ccc1NC(=O)COC. The van der Waals surface area contributed by atoms with Crippen LogP contribution in [0.25, 0.3) is 0 Å². The van der Waals surface area contributed by atoms with Crippen molar-refractivity contribution in [2.24, 2.45) is 0 Å². The van der Waals surface area contributed by atoms with Crippen LogP contribution >= 0.6 is 15.9 Å². The summed E-state index contributed by atoms with van der Waals surface area (Å²) in [5.41, 5.74) is 1.05. The number of alkyl halides is 1. The predicted octanol–water partition coefficient (Wildman–Crippen LogP) is 2.64. The number of halogens is 1. The molecule has 0 bridgehead atoms. The van der Waals surface area contributed by atoms with Crippen LogP contribution in [0.3, 0.4) is 0 Å². The molecule has 0 aliphatic carbocycles. The quantitative estimate of drug-likeness (QED) is 0.610. The minimum Gasteiger partial charge on any atom is -0.492 e. The Kier molecular flexibility index (Phi) is 6.67. The molecule has 20 heavy (non-hydrogen) atoms. The Bertz CT molecular complexity index is 488. The van der Waals surface area contributed by atoms with Gasteiger partial charge in [0.05, 0.1) is 17.1 Å². The number of anilines is 1. The molecule has 0 radical (unpaired) electrons. The Labute approximate surface area is 126 Å². The van der Waals surface area contributed by atoms with Gasteiger partial charge in [0.15, 0.2) is 5.78 Å². The van der Waals surface area contributed by atoms with Crippen molar-refractivity contribution < 1.29 is 19.1 Å². The molecule has 1 N–H and O–H groups in total. The highest BCUT2D eigenvalue weighted by molar-refractivity contribution is 9.10. The van der Waals surface area contributed by atoms with Gasteiger partial charge in [-0.25, -0.2) is 0 Å². The number of carbonyl (C=O) groups is 2. The van der Waals surface area contributed by atoms with E-state index >= 15 is 0 Å². The molecule has 1 amide bonds. The minimum absolute atomic E-state index is 0.0370. The second-order valence-corrected chi connectivity index (χ2v) is 5.48. The summed E-state index contributed by atoms with van der Waals surface area (Å²) in [5.74, 6) is 0.151. The summed E-state index contributed by atoms with van der Waals surface area (Å²) in [6, 6.07) is 4.94. The number of methoxy groups -OCH3 is 1. The Hall–Kier alpha value is -1.40. The summed E-state index contributed by atoms with van der Waals surface area (Å²) in [5, 5.41) is 2.68. The molecule has 0 heterocycles. The summed E-state index contributed by atoms with van der Waals surface area (Å²) in [6.07, 6.45) is 0. The zero-order chi connectivity index (χ0) is 15.1. The van der Waals surface area contributed by atoms with Crippen molar-refractivity contribution in [2.75, 3.05) is 25.6 Å². The maximum absolute atomic E-state index is 11.9. The number of nitrogens with one attached hydrogen (secondary N) is 1. The normalized spacial score (nSPS) is 11.8. The molecule has 1 rings (SSSR count). The van der Waals surface area contributed by atoms with Crippen LogP contribution in [0.5, 0.6) is 5.75 Å². The number of benzene rings is 1. The van der Waals surface area contributed by atoms with Crippen LogP contribution < -0.4 is 10.1 Å². The number of amides is 1. The highest BCUT2D eigenvalue weighted by atomic mass is 79.9. The number of rotatable bonds is 7. The van der Waals surface area contributed by atoms with Crippen molar-refractivity contribution in [3.63, 3.8) is 0 Å². The summed E-state index contributed by atoms with van der Waals surface area (Å²) in [6.45, 7) is 4.00. The molecule has 0 spiro atoms. The molecule has 1 atom stereocenters. The van der Waals surface area contributed by atoms with Crippen LogP contribution in [0.15, 0.2) is 18.2 Å². The number of hydrogen-bond acceptors (Lipinski definition) is 4. The van der Waals surface area contributed by atoms with Crippen LogP contribution in [-0.4, -0.2) is 36.8 Å². The van der Waals surface area contributed by atoms with Crippen molar-refractivity contribution >= 4 is 33.3 Å². The van der Waals surface area contributed by atoms with Crippen molar-refractivity contribution in [1.82, 2.24) is 0 Å². The Morgan fingerprint density at radius 3 is 2.65 bits per heavy atom. The van der Waals surface area contributed by atoms with Gasteiger partial charge in [-0.15, -0.1) is 0 Å². The predicted molar refractivity (Wildman–Crippen MR) is 80.8 cm³/mol. The zero-order valence-electron chi connectivity index (χ0n) is 11.7. The van der Waals surface area contributed by atoms with Crippen molar-refractivity contribution in [2.45, 2.75) is 18.7 Å². The highest BCUT2D eigenvalue weighted by Gasteiger charge is 2.15. The summed E-state index contributed by atoms with van der Waals surface area (Å²) in [7, 11) is 1.45. The average molecular weight is 344 g/mol. The number of ether oxygens (including phenoxy) is 2. The Morgan fingerprint density at radius 1 is 1.40 bits per heavy atom. The lowest BCUT2D eigenvalue weighted by atomic mass is 10.1. The van der Waals surface area contributed by atoms with Gasteiger partial charge in [-0.3, -0.25) is 9.59 Å². The van der Waals surface area contributed by atoms with E-state index < -0.39 is 0 Å². The van der Waals surface area contributed by atoms with Gasteiger partial charge in [0.25, 0.3) is 0 Å². The first-order chi connectivity index (χ1) is 9.49.